The summed E-state index contributed by atoms with van der Waals surface area (Å²) in [5.74, 6) is 0.525. The van der Waals surface area contributed by atoms with Crippen molar-refractivity contribution in [1.29, 1.82) is 0 Å². The van der Waals surface area contributed by atoms with Gasteiger partial charge in [-0.2, -0.15) is 0 Å². The number of carbonyl (C=O) groups excluding carboxylic acids is 1. The monoisotopic (exact) mass is 491 g/mol. The van der Waals surface area contributed by atoms with Gasteiger partial charge < -0.3 is 15.7 Å². The first-order valence-electron chi connectivity index (χ1n) is 11.6. The van der Waals surface area contributed by atoms with Crippen molar-refractivity contribution in [2.45, 2.75) is 33.7 Å². The van der Waals surface area contributed by atoms with E-state index in [1.807, 2.05) is 63.2 Å². The van der Waals surface area contributed by atoms with E-state index in [0.717, 1.165) is 33.4 Å². The number of fused-ring (bicyclic) bond motifs is 1. The highest BCUT2D eigenvalue weighted by atomic mass is 35.5. The first-order valence-corrected chi connectivity index (χ1v) is 12.0. The molecule has 0 saturated carbocycles. The summed E-state index contributed by atoms with van der Waals surface area (Å²) in [7, 11) is 0. The molecular weight excluding hydrogens is 462 g/mol. The first kappa shape index (κ1) is 26.1. The summed E-state index contributed by atoms with van der Waals surface area (Å²) < 4.78 is 0. The van der Waals surface area contributed by atoms with Gasteiger partial charge in [0.1, 0.15) is 5.82 Å². The predicted octanol–water partition coefficient (Wildman–Crippen LogP) is 4.94. The lowest BCUT2D eigenvalue weighted by Gasteiger charge is -2.11. The number of pyridine rings is 3. The molecule has 4 rings (SSSR count). The van der Waals surface area contributed by atoms with Crippen molar-refractivity contribution in [3.8, 4) is 0 Å². The van der Waals surface area contributed by atoms with Crippen LogP contribution < -0.4 is 10.6 Å². The third-order valence-corrected chi connectivity index (χ3v) is 5.44. The molecule has 0 unspecified atom stereocenters. The Balaban J connectivity index is 0.00000167. The molecule has 3 heterocycles. The Kier molecular flexibility index (Phi) is 9.52. The van der Waals surface area contributed by atoms with Crippen molar-refractivity contribution >= 4 is 34.2 Å². The summed E-state index contributed by atoms with van der Waals surface area (Å²) in [5, 5.41) is 16.4. The molecule has 1 amide bonds. The number of benzene rings is 1. The number of aliphatic hydroxyl groups is 1. The van der Waals surface area contributed by atoms with Crippen LogP contribution in [0.5, 0.6) is 0 Å². The van der Waals surface area contributed by atoms with Crippen LogP contribution in [0.25, 0.3) is 10.9 Å². The van der Waals surface area contributed by atoms with Crippen LogP contribution in [0, 0.1) is 6.92 Å². The zero-order valence-electron chi connectivity index (χ0n) is 20.2. The molecule has 35 heavy (non-hydrogen) atoms. The van der Waals surface area contributed by atoms with E-state index in [4.69, 9.17) is 16.7 Å². The SMILES string of the molecule is CC.Cc1nc(NCCO)ccc1CNC(=O)c1ccnc(Cc2ccc3ncc(Cl)cc3c2)c1. The van der Waals surface area contributed by atoms with Gasteiger partial charge in [0.25, 0.3) is 5.91 Å². The van der Waals surface area contributed by atoms with Crippen molar-refractivity contribution in [1.82, 2.24) is 20.3 Å². The molecule has 0 spiro atoms. The summed E-state index contributed by atoms with van der Waals surface area (Å²) in [5.41, 5.74) is 5.04. The predicted molar refractivity (Wildman–Crippen MR) is 141 cm³/mol. The Labute approximate surface area is 210 Å². The highest BCUT2D eigenvalue weighted by molar-refractivity contribution is 6.31. The number of nitrogens with one attached hydrogen (secondary N) is 2. The fraction of sp³-hybridized carbons (Fsp3) is 0.259. The highest BCUT2D eigenvalue weighted by Gasteiger charge is 2.10. The number of nitrogens with zero attached hydrogens (tertiary/aromatic N) is 3. The molecule has 3 N–H and O–H groups in total. The second-order valence-electron chi connectivity index (χ2n) is 7.67. The summed E-state index contributed by atoms with van der Waals surface area (Å²) in [6.45, 7) is 6.74. The molecule has 0 atom stereocenters. The highest BCUT2D eigenvalue weighted by Crippen LogP contribution is 2.20. The Morgan fingerprint density at radius 3 is 2.66 bits per heavy atom. The average Bonchev–Trinajstić information content (AvgIpc) is 2.88. The number of aromatic nitrogens is 3. The quantitative estimate of drug-likeness (QED) is 0.323. The number of rotatable bonds is 8. The maximum absolute atomic E-state index is 12.7. The van der Waals surface area contributed by atoms with E-state index < -0.39 is 0 Å². The van der Waals surface area contributed by atoms with Crippen molar-refractivity contribution < 1.29 is 9.90 Å². The van der Waals surface area contributed by atoms with E-state index in [1.165, 1.54) is 0 Å². The molecule has 0 aliphatic carbocycles. The maximum Gasteiger partial charge on any atom is 0.251 e. The van der Waals surface area contributed by atoms with E-state index in [1.54, 1.807) is 18.5 Å². The number of anilines is 1. The number of halogens is 1. The molecular formula is C27H30ClN5O2. The van der Waals surface area contributed by atoms with Crippen LogP contribution in [0.2, 0.25) is 5.02 Å². The topological polar surface area (TPSA) is 100 Å². The van der Waals surface area contributed by atoms with Crippen LogP contribution in [0.3, 0.4) is 0 Å². The largest absolute Gasteiger partial charge is 0.395 e. The molecule has 1 aromatic carbocycles. The van der Waals surface area contributed by atoms with Crippen LogP contribution in [0.1, 0.15) is 46.7 Å². The molecule has 0 radical (unpaired) electrons. The summed E-state index contributed by atoms with van der Waals surface area (Å²) >= 11 is 6.06. The second-order valence-corrected chi connectivity index (χ2v) is 8.10. The minimum atomic E-state index is -0.171. The number of hydrogen-bond donors (Lipinski definition) is 3. The Morgan fingerprint density at radius 2 is 1.89 bits per heavy atom. The third-order valence-electron chi connectivity index (χ3n) is 5.23. The van der Waals surface area contributed by atoms with Crippen molar-refractivity contribution in [3.05, 3.63) is 94.0 Å². The molecule has 182 valence electrons. The van der Waals surface area contributed by atoms with Crippen molar-refractivity contribution in [2.24, 2.45) is 0 Å². The molecule has 0 aliphatic rings. The second kappa shape index (κ2) is 12.8. The minimum Gasteiger partial charge on any atom is -0.395 e. The Hall–Kier alpha value is -3.55. The fourth-order valence-electron chi connectivity index (χ4n) is 3.53. The van der Waals surface area contributed by atoms with Crippen molar-refractivity contribution in [2.75, 3.05) is 18.5 Å². The van der Waals surface area contributed by atoms with Gasteiger partial charge in [-0.3, -0.25) is 14.8 Å². The number of carbonyl (C=O) groups is 1. The summed E-state index contributed by atoms with van der Waals surface area (Å²) in [6.07, 6.45) is 3.88. The average molecular weight is 492 g/mol. The van der Waals surface area contributed by atoms with E-state index in [0.29, 0.717) is 35.9 Å². The lowest BCUT2D eigenvalue weighted by molar-refractivity contribution is 0.0950. The van der Waals surface area contributed by atoms with Gasteiger partial charge in [-0.15, -0.1) is 0 Å². The van der Waals surface area contributed by atoms with Gasteiger partial charge in [-0.25, -0.2) is 4.98 Å². The smallest absolute Gasteiger partial charge is 0.251 e. The molecule has 7 nitrogen and oxygen atoms in total. The van der Waals surface area contributed by atoms with Gasteiger partial charge in [0.05, 0.1) is 17.1 Å². The van der Waals surface area contributed by atoms with Crippen LogP contribution in [0.15, 0.2) is 60.9 Å². The third kappa shape index (κ3) is 7.21. The van der Waals surface area contributed by atoms with Crippen LogP contribution in [-0.4, -0.2) is 39.1 Å². The molecule has 0 bridgehead atoms. The lowest BCUT2D eigenvalue weighted by Crippen LogP contribution is -2.23. The van der Waals surface area contributed by atoms with Crippen molar-refractivity contribution in [3.63, 3.8) is 0 Å². The molecule has 4 aromatic rings. The molecule has 3 aromatic heterocycles. The number of hydrogen-bond acceptors (Lipinski definition) is 6. The summed E-state index contributed by atoms with van der Waals surface area (Å²) in [4.78, 5) is 25.9. The summed E-state index contributed by atoms with van der Waals surface area (Å²) in [6, 6.07) is 15.2. The fourth-order valence-corrected chi connectivity index (χ4v) is 3.69. The minimum absolute atomic E-state index is 0.0406. The van der Waals surface area contributed by atoms with Gasteiger partial charge in [-0.1, -0.05) is 37.6 Å². The number of amides is 1. The molecule has 0 aliphatic heterocycles. The van der Waals surface area contributed by atoms with E-state index >= 15 is 0 Å². The lowest BCUT2D eigenvalue weighted by atomic mass is 10.0. The van der Waals surface area contributed by atoms with Gasteiger partial charge >= 0.3 is 0 Å². The zero-order chi connectivity index (χ0) is 25.2. The maximum atomic E-state index is 12.7. The molecule has 0 fully saturated rings. The van der Waals surface area contributed by atoms with Crippen LogP contribution in [-0.2, 0) is 13.0 Å². The zero-order valence-corrected chi connectivity index (χ0v) is 20.9. The van der Waals surface area contributed by atoms with Crippen LogP contribution >= 0.6 is 11.6 Å². The normalized spacial score (nSPS) is 10.4. The van der Waals surface area contributed by atoms with Crippen LogP contribution in [0.4, 0.5) is 5.82 Å². The Bertz CT molecular complexity index is 1300. The standard InChI is InChI=1S/C25H24ClN5O2.C2H6/c1-16-19(3-5-24(31-16)28-8-9-32)14-30-25(33)18-6-7-27-22(13-18)11-17-2-4-23-20(10-17)12-21(26)15-29-23;1-2/h2-7,10,12-13,15,32H,8-9,11,14H2,1H3,(H,28,31)(H,30,33);1-2H3. The number of aryl methyl sites for hydroxylation is 1. The Morgan fingerprint density at radius 1 is 1.06 bits per heavy atom. The van der Waals surface area contributed by atoms with E-state index in [9.17, 15) is 4.79 Å². The molecule has 8 heteroatoms. The molecule has 0 saturated heterocycles. The van der Waals surface area contributed by atoms with Gasteiger partial charge in [0.2, 0.25) is 0 Å². The van der Waals surface area contributed by atoms with Gasteiger partial charge in [-0.05, 0) is 54.4 Å². The van der Waals surface area contributed by atoms with E-state index in [-0.39, 0.29) is 12.5 Å². The number of aliphatic hydroxyl groups excluding tert-OH is 1. The first-order chi connectivity index (χ1) is 17.0. The van der Waals surface area contributed by atoms with Gasteiger partial charge in [0.15, 0.2) is 0 Å². The van der Waals surface area contributed by atoms with E-state index in [2.05, 4.69) is 25.6 Å². The van der Waals surface area contributed by atoms with Gasteiger partial charge in [0, 0.05) is 54.2 Å².